The van der Waals surface area contributed by atoms with Crippen molar-refractivity contribution < 1.29 is 23.9 Å². The number of carbonyl (C=O) groups is 3. The minimum Gasteiger partial charge on any atom is -0.457 e. The number of Topliss-reactive ketones (excluding diaryl/α,β-unsaturated/α-hetero) is 2. The maximum absolute atomic E-state index is 13.6. The zero-order chi connectivity index (χ0) is 25.3. The quantitative estimate of drug-likeness (QED) is 0.268. The number of para-hydroxylation sites is 1. The first-order chi connectivity index (χ1) is 17.5. The van der Waals surface area contributed by atoms with Gasteiger partial charge in [0.25, 0.3) is 0 Å². The van der Waals surface area contributed by atoms with Crippen molar-refractivity contribution in [2.45, 2.75) is 38.3 Å². The molecule has 3 aromatic carbocycles. The molecule has 0 heterocycles. The first-order valence-electron chi connectivity index (χ1n) is 12.1. The number of anilines is 1. The number of nitrogens with one attached hydrogen (secondary N) is 1. The minimum atomic E-state index is -0.937. The predicted molar refractivity (Wildman–Crippen MR) is 137 cm³/mol. The van der Waals surface area contributed by atoms with Crippen LogP contribution in [0.25, 0.3) is 0 Å². The lowest BCUT2D eigenvalue weighted by Crippen LogP contribution is -2.44. The number of hydrogen-bond acceptors (Lipinski definition) is 6. The second-order valence-electron chi connectivity index (χ2n) is 8.89. The van der Waals surface area contributed by atoms with E-state index in [1.54, 1.807) is 48.5 Å². The molecule has 186 valence electrons. The third kappa shape index (κ3) is 7.26. The van der Waals surface area contributed by atoms with Crippen LogP contribution in [0.2, 0.25) is 0 Å². The van der Waals surface area contributed by atoms with E-state index in [1.165, 1.54) is 0 Å². The summed E-state index contributed by atoms with van der Waals surface area (Å²) in [5.41, 5.74) is 7.63. The van der Waals surface area contributed by atoms with E-state index in [0.717, 1.165) is 18.4 Å². The van der Waals surface area contributed by atoms with Gasteiger partial charge in [-0.25, -0.2) is 0 Å². The van der Waals surface area contributed by atoms with Crippen molar-refractivity contribution in [1.29, 1.82) is 0 Å². The van der Waals surface area contributed by atoms with Gasteiger partial charge in [-0.3, -0.25) is 14.4 Å². The number of rotatable bonds is 13. The van der Waals surface area contributed by atoms with Gasteiger partial charge >= 0.3 is 0 Å². The standard InChI is InChI=1S/C29H30N2O5/c30-22-12-14-23(15-13-22)36-27-9-5-4-8-24(27)29(34)25(19-35-18-20-6-2-1-3-7-20)31-28(33)17-16-26(32)21-10-11-21/h1-9,12-15,21,25H,10-11,16-19,30H2,(H,31,33). The summed E-state index contributed by atoms with van der Waals surface area (Å²) >= 11 is 0. The fourth-order valence-electron chi connectivity index (χ4n) is 3.77. The van der Waals surface area contributed by atoms with E-state index in [9.17, 15) is 14.4 Å². The average Bonchev–Trinajstić information content (AvgIpc) is 3.74. The summed E-state index contributed by atoms with van der Waals surface area (Å²) in [4.78, 5) is 38.3. The third-order valence-corrected chi connectivity index (χ3v) is 5.94. The van der Waals surface area contributed by atoms with E-state index in [-0.39, 0.29) is 42.8 Å². The Kier molecular flexibility index (Phi) is 8.47. The van der Waals surface area contributed by atoms with E-state index < -0.39 is 6.04 Å². The van der Waals surface area contributed by atoms with E-state index in [4.69, 9.17) is 15.2 Å². The Morgan fingerprint density at radius 2 is 1.58 bits per heavy atom. The van der Waals surface area contributed by atoms with Gasteiger partial charge in [-0.1, -0.05) is 42.5 Å². The molecule has 0 saturated heterocycles. The van der Waals surface area contributed by atoms with Gasteiger partial charge in [0.05, 0.1) is 18.8 Å². The zero-order valence-electron chi connectivity index (χ0n) is 20.0. The molecule has 1 fully saturated rings. The molecule has 3 N–H and O–H groups in total. The average molecular weight is 487 g/mol. The predicted octanol–water partition coefficient (Wildman–Crippen LogP) is 4.70. The number of nitrogen functional groups attached to an aromatic ring is 1. The van der Waals surface area contributed by atoms with Gasteiger partial charge < -0.3 is 20.5 Å². The molecular weight excluding hydrogens is 456 g/mol. The number of amides is 1. The van der Waals surface area contributed by atoms with Gasteiger partial charge in [0.15, 0.2) is 5.78 Å². The van der Waals surface area contributed by atoms with Crippen LogP contribution in [0.5, 0.6) is 11.5 Å². The molecule has 1 atom stereocenters. The smallest absolute Gasteiger partial charge is 0.221 e. The molecule has 3 aromatic rings. The number of nitrogens with two attached hydrogens (primary N) is 1. The van der Waals surface area contributed by atoms with Crippen LogP contribution in [-0.2, 0) is 20.9 Å². The Labute approximate surface area is 210 Å². The Hall–Kier alpha value is -3.97. The van der Waals surface area contributed by atoms with Gasteiger partial charge in [-0.15, -0.1) is 0 Å². The fraction of sp³-hybridized carbons (Fsp3) is 0.276. The minimum absolute atomic E-state index is 0.0216. The van der Waals surface area contributed by atoms with Crippen molar-refractivity contribution in [2.75, 3.05) is 12.3 Å². The molecule has 0 bridgehead atoms. The summed E-state index contributed by atoms with van der Waals surface area (Å²) in [7, 11) is 0. The summed E-state index contributed by atoms with van der Waals surface area (Å²) in [6.45, 7) is 0.274. The molecule has 1 aliphatic rings. The lowest BCUT2D eigenvalue weighted by Gasteiger charge is -2.20. The second kappa shape index (κ2) is 12.1. The molecule has 36 heavy (non-hydrogen) atoms. The van der Waals surface area contributed by atoms with Gasteiger partial charge in [0, 0.05) is 24.4 Å². The summed E-state index contributed by atoms with van der Waals surface area (Å²) in [5.74, 6) is 0.401. The number of ether oxygens (including phenoxy) is 2. The van der Waals surface area contributed by atoms with E-state index in [0.29, 0.717) is 29.4 Å². The van der Waals surface area contributed by atoms with Crippen LogP contribution in [0.3, 0.4) is 0 Å². The summed E-state index contributed by atoms with van der Waals surface area (Å²) in [5, 5.41) is 2.78. The lowest BCUT2D eigenvalue weighted by molar-refractivity contribution is -0.126. The van der Waals surface area contributed by atoms with Crippen molar-refractivity contribution in [3.8, 4) is 11.5 Å². The number of carbonyl (C=O) groups excluding carboxylic acids is 3. The lowest BCUT2D eigenvalue weighted by atomic mass is 10.0. The van der Waals surface area contributed by atoms with E-state index in [2.05, 4.69) is 5.32 Å². The molecule has 1 aliphatic carbocycles. The van der Waals surface area contributed by atoms with Crippen LogP contribution in [0.15, 0.2) is 78.9 Å². The molecule has 1 unspecified atom stereocenters. The maximum Gasteiger partial charge on any atom is 0.221 e. The maximum atomic E-state index is 13.6. The molecular formula is C29H30N2O5. The molecule has 0 aromatic heterocycles. The van der Waals surface area contributed by atoms with Crippen molar-refractivity contribution in [1.82, 2.24) is 5.32 Å². The van der Waals surface area contributed by atoms with Gasteiger partial charge in [0.1, 0.15) is 23.3 Å². The molecule has 1 saturated carbocycles. The van der Waals surface area contributed by atoms with Crippen LogP contribution in [0.1, 0.15) is 41.6 Å². The van der Waals surface area contributed by atoms with Gasteiger partial charge in [-0.05, 0) is 54.8 Å². The Morgan fingerprint density at radius 3 is 2.31 bits per heavy atom. The van der Waals surface area contributed by atoms with Crippen LogP contribution in [0.4, 0.5) is 5.69 Å². The van der Waals surface area contributed by atoms with Crippen molar-refractivity contribution >= 4 is 23.2 Å². The van der Waals surface area contributed by atoms with Crippen LogP contribution in [0, 0.1) is 5.92 Å². The molecule has 0 aliphatic heterocycles. The largest absolute Gasteiger partial charge is 0.457 e. The molecule has 0 radical (unpaired) electrons. The van der Waals surface area contributed by atoms with Crippen LogP contribution in [-0.4, -0.2) is 30.1 Å². The molecule has 0 spiro atoms. The second-order valence-corrected chi connectivity index (χ2v) is 8.89. The highest BCUT2D eigenvalue weighted by molar-refractivity contribution is 6.04. The summed E-state index contributed by atoms with van der Waals surface area (Å²) < 4.78 is 11.8. The molecule has 4 rings (SSSR count). The molecule has 7 nitrogen and oxygen atoms in total. The van der Waals surface area contributed by atoms with Crippen LogP contribution >= 0.6 is 0 Å². The Balaban J connectivity index is 1.46. The number of benzene rings is 3. The highest BCUT2D eigenvalue weighted by atomic mass is 16.5. The van der Waals surface area contributed by atoms with Crippen molar-refractivity contribution in [3.05, 3.63) is 90.0 Å². The van der Waals surface area contributed by atoms with Crippen molar-refractivity contribution in [2.24, 2.45) is 5.92 Å². The monoisotopic (exact) mass is 486 g/mol. The first-order valence-corrected chi connectivity index (χ1v) is 12.1. The Bertz CT molecular complexity index is 1190. The normalized spacial score (nSPS) is 13.6. The topological polar surface area (TPSA) is 108 Å². The first kappa shape index (κ1) is 25.1. The zero-order valence-corrected chi connectivity index (χ0v) is 20.0. The third-order valence-electron chi connectivity index (χ3n) is 5.94. The van der Waals surface area contributed by atoms with Crippen molar-refractivity contribution in [3.63, 3.8) is 0 Å². The molecule has 7 heteroatoms. The number of ketones is 2. The van der Waals surface area contributed by atoms with E-state index >= 15 is 0 Å². The fourth-order valence-corrected chi connectivity index (χ4v) is 3.77. The molecule has 1 amide bonds. The van der Waals surface area contributed by atoms with Crippen LogP contribution < -0.4 is 15.8 Å². The van der Waals surface area contributed by atoms with Gasteiger partial charge in [-0.2, -0.15) is 0 Å². The van der Waals surface area contributed by atoms with E-state index in [1.807, 2.05) is 30.3 Å². The van der Waals surface area contributed by atoms with Gasteiger partial charge in [0.2, 0.25) is 5.91 Å². The highest BCUT2D eigenvalue weighted by Crippen LogP contribution is 2.31. The SMILES string of the molecule is Nc1ccc(Oc2ccccc2C(=O)C(COCc2ccccc2)NC(=O)CCC(=O)C2CC2)cc1. The Morgan fingerprint density at radius 1 is 0.889 bits per heavy atom. The highest BCUT2D eigenvalue weighted by Gasteiger charge is 2.30. The summed E-state index contributed by atoms with van der Waals surface area (Å²) in [6, 6.07) is 22.4. The summed E-state index contributed by atoms with van der Waals surface area (Å²) in [6.07, 6.45) is 2.03. The number of hydrogen-bond donors (Lipinski definition) is 2.